The maximum absolute atomic E-state index is 8.73. The van der Waals surface area contributed by atoms with Gasteiger partial charge >= 0.3 is 0 Å². The van der Waals surface area contributed by atoms with E-state index in [1.807, 2.05) is 24.1 Å². The van der Waals surface area contributed by atoms with E-state index in [1.165, 1.54) is 9.75 Å². The fourth-order valence-corrected chi connectivity index (χ4v) is 3.09. The first-order chi connectivity index (χ1) is 9.60. The summed E-state index contributed by atoms with van der Waals surface area (Å²) in [6, 6.07) is 7.00. The molecule has 0 N–H and O–H groups in total. The van der Waals surface area contributed by atoms with Gasteiger partial charge in [0.05, 0.1) is 12.3 Å². The molecule has 0 aliphatic heterocycles. The minimum absolute atomic E-state index is 0.451. The Morgan fingerprint density at radius 1 is 1.45 bits per heavy atom. The Hall–Kier alpha value is -1.64. The van der Waals surface area contributed by atoms with Gasteiger partial charge in [-0.3, -0.25) is 9.58 Å². The summed E-state index contributed by atoms with van der Waals surface area (Å²) in [5.74, 6) is 0. The van der Waals surface area contributed by atoms with Gasteiger partial charge in [-0.25, -0.2) is 0 Å². The van der Waals surface area contributed by atoms with Crippen molar-refractivity contribution in [2.75, 3.05) is 6.54 Å². The first-order valence-corrected chi connectivity index (χ1v) is 7.60. The highest BCUT2D eigenvalue weighted by atomic mass is 32.1. The molecule has 106 valence electrons. The third-order valence-electron chi connectivity index (χ3n) is 3.25. The number of aromatic nitrogens is 2. The molecule has 0 aliphatic rings. The minimum Gasteiger partial charge on any atom is -0.295 e. The van der Waals surface area contributed by atoms with Gasteiger partial charge in [-0.2, -0.15) is 10.4 Å². The average Bonchev–Trinajstić information content (AvgIpc) is 3.02. The average molecular weight is 288 g/mol. The second-order valence-corrected chi connectivity index (χ2v) is 6.31. The molecule has 0 unspecified atom stereocenters. The van der Waals surface area contributed by atoms with Gasteiger partial charge < -0.3 is 0 Å². The second-order valence-electron chi connectivity index (χ2n) is 5.14. The highest BCUT2D eigenvalue weighted by Crippen LogP contribution is 2.28. The molecule has 2 rings (SSSR count). The van der Waals surface area contributed by atoms with Crippen LogP contribution >= 0.6 is 11.3 Å². The van der Waals surface area contributed by atoms with E-state index in [4.69, 9.17) is 5.26 Å². The number of rotatable bonds is 6. The number of nitriles is 1. The van der Waals surface area contributed by atoms with E-state index in [0.29, 0.717) is 12.5 Å². The number of hydrogen-bond donors (Lipinski definition) is 0. The highest BCUT2D eigenvalue weighted by molar-refractivity contribution is 7.15. The lowest BCUT2D eigenvalue weighted by molar-refractivity contribution is 0.220. The van der Waals surface area contributed by atoms with Crippen LogP contribution in [-0.2, 0) is 13.6 Å². The quantitative estimate of drug-likeness (QED) is 0.819. The molecule has 0 saturated carbocycles. The summed E-state index contributed by atoms with van der Waals surface area (Å²) in [4.78, 5) is 4.91. The number of aryl methyl sites for hydroxylation is 1. The summed E-state index contributed by atoms with van der Waals surface area (Å²) < 4.78 is 1.82. The van der Waals surface area contributed by atoms with E-state index in [2.05, 4.69) is 42.0 Å². The molecule has 5 heteroatoms. The van der Waals surface area contributed by atoms with Crippen LogP contribution in [0.2, 0.25) is 0 Å². The van der Waals surface area contributed by atoms with Crippen molar-refractivity contribution in [3.05, 3.63) is 29.4 Å². The van der Waals surface area contributed by atoms with E-state index < -0.39 is 0 Å². The molecule has 0 spiro atoms. The zero-order valence-corrected chi connectivity index (χ0v) is 13.0. The van der Waals surface area contributed by atoms with Crippen LogP contribution in [0.15, 0.2) is 24.5 Å². The number of hydrogen-bond acceptors (Lipinski definition) is 4. The topological polar surface area (TPSA) is 44.9 Å². The van der Waals surface area contributed by atoms with E-state index in [1.54, 1.807) is 11.3 Å². The number of nitrogens with zero attached hydrogens (tertiary/aromatic N) is 4. The molecule has 0 saturated heterocycles. The maximum atomic E-state index is 8.73. The molecule has 0 aromatic carbocycles. The second kappa shape index (κ2) is 6.69. The van der Waals surface area contributed by atoms with Crippen LogP contribution in [0.4, 0.5) is 0 Å². The van der Waals surface area contributed by atoms with Gasteiger partial charge in [-0.05, 0) is 26.0 Å². The first kappa shape index (κ1) is 14.8. The lowest BCUT2D eigenvalue weighted by Crippen LogP contribution is -2.30. The van der Waals surface area contributed by atoms with Gasteiger partial charge in [-0.15, -0.1) is 11.3 Å². The van der Waals surface area contributed by atoms with Crippen LogP contribution in [0.25, 0.3) is 10.4 Å². The summed E-state index contributed by atoms with van der Waals surface area (Å²) in [5.41, 5.74) is 1.16. The third-order valence-corrected chi connectivity index (χ3v) is 4.37. The van der Waals surface area contributed by atoms with Crippen LogP contribution in [0.1, 0.15) is 25.1 Å². The smallest absolute Gasteiger partial charge is 0.0635 e. The van der Waals surface area contributed by atoms with E-state index in [-0.39, 0.29) is 0 Å². The number of thiophene rings is 1. The van der Waals surface area contributed by atoms with Crippen molar-refractivity contribution in [3.63, 3.8) is 0 Å². The van der Waals surface area contributed by atoms with Gasteiger partial charge in [0.15, 0.2) is 0 Å². The lowest BCUT2D eigenvalue weighted by Gasteiger charge is -2.24. The molecule has 2 aromatic heterocycles. The Morgan fingerprint density at radius 3 is 2.85 bits per heavy atom. The van der Waals surface area contributed by atoms with Crippen molar-refractivity contribution in [2.24, 2.45) is 7.05 Å². The molecule has 2 heterocycles. The van der Waals surface area contributed by atoms with Gasteiger partial charge in [0, 0.05) is 54.1 Å². The highest BCUT2D eigenvalue weighted by Gasteiger charge is 2.12. The van der Waals surface area contributed by atoms with Crippen LogP contribution in [-0.4, -0.2) is 27.3 Å². The summed E-state index contributed by atoms with van der Waals surface area (Å²) in [5, 5.41) is 12.9. The molecule has 2 aromatic rings. The standard InChI is InChI=1S/C15H20N4S/c1-12(2)19(8-4-7-16)11-14-5-6-15(20-14)13-9-17-18(3)10-13/h5-6,9-10,12H,4,8,11H2,1-3H3. The fourth-order valence-electron chi connectivity index (χ4n) is 2.08. The molecule has 0 aliphatic carbocycles. The van der Waals surface area contributed by atoms with Crippen molar-refractivity contribution < 1.29 is 0 Å². The van der Waals surface area contributed by atoms with Gasteiger partial charge in [0.25, 0.3) is 0 Å². The Bertz CT molecular complexity index is 591. The molecule has 20 heavy (non-hydrogen) atoms. The molecule has 0 fully saturated rings. The van der Waals surface area contributed by atoms with Crippen molar-refractivity contribution >= 4 is 11.3 Å². The first-order valence-electron chi connectivity index (χ1n) is 6.79. The van der Waals surface area contributed by atoms with Crippen LogP contribution in [0.5, 0.6) is 0 Å². The maximum Gasteiger partial charge on any atom is 0.0635 e. The molecule has 0 atom stereocenters. The molecular formula is C15H20N4S. The Kier molecular flexibility index (Phi) is 4.94. The van der Waals surface area contributed by atoms with Crippen LogP contribution in [0.3, 0.4) is 0 Å². The summed E-state index contributed by atoms with van der Waals surface area (Å²) >= 11 is 1.80. The van der Waals surface area contributed by atoms with E-state index in [0.717, 1.165) is 18.7 Å². The van der Waals surface area contributed by atoms with Crippen molar-refractivity contribution in [2.45, 2.75) is 32.9 Å². The third kappa shape index (κ3) is 3.69. The molecular weight excluding hydrogens is 268 g/mol. The SMILES string of the molecule is CC(C)N(CCC#N)Cc1ccc(-c2cnn(C)c2)s1. The van der Waals surface area contributed by atoms with Crippen molar-refractivity contribution in [1.29, 1.82) is 5.26 Å². The summed E-state index contributed by atoms with van der Waals surface area (Å²) in [7, 11) is 1.93. The molecule has 0 bridgehead atoms. The van der Waals surface area contributed by atoms with E-state index in [9.17, 15) is 0 Å². The molecule has 0 amide bonds. The molecule has 0 radical (unpaired) electrons. The normalized spacial score (nSPS) is 11.2. The zero-order chi connectivity index (χ0) is 14.5. The summed E-state index contributed by atoms with van der Waals surface area (Å²) in [6.07, 6.45) is 4.51. The molecule has 4 nitrogen and oxygen atoms in total. The predicted molar refractivity (Wildman–Crippen MR) is 82.3 cm³/mol. The van der Waals surface area contributed by atoms with E-state index >= 15 is 0 Å². The Balaban J connectivity index is 2.06. The monoisotopic (exact) mass is 288 g/mol. The summed E-state index contributed by atoms with van der Waals surface area (Å²) in [6.45, 7) is 6.08. The van der Waals surface area contributed by atoms with Crippen molar-refractivity contribution in [3.8, 4) is 16.5 Å². The zero-order valence-electron chi connectivity index (χ0n) is 12.2. The lowest BCUT2D eigenvalue weighted by atomic mass is 10.2. The Labute approximate surface area is 124 Å². The Morgan fingerprint density at radius 2 is 2.25 bits per heavy atom. The van der Waals surface area contributed by atoms with Gasteiger partial charge in [0.1, 0.15) is 0 Å². The van der Waals surface area contributed by atoms with Gasteiger partial charge in [0.2, 0.25) is 0 Å². The van der Waals surface area contributed by atoms with Crippen molar-refractivity contribution in [1.82, 2.24) is 14.7 Å². The van der Waals surface area contributed by atoms with Gasteiger partial charge in [-0.1, -0.05) is 0 Å². The minimum atomic E-state index is 0.451. The largest absolute Gasteiger partial charge is 0.295 e. The van der Waals surface area contributed by atoms with Crippen LogP contribution < -0.4 is 0 Å². The fraction of sp³-hybridized carbons (Fsp3) is 0.467. The van der Waals surface area contributed by atoms with Crippen LogP contribution in [0, 0.1) is 11.3 Å². The predicted octanol–water partition coefficient (Wildman–Crippen LogP) is 3.27.